The van der Waals surface area contributed by atoms with Crippen molar-refractivity contribution in [2.45, 2.75) is 0 Å². The van der Waals surface area contributed by atoms with Gasteiger partial charge < -0.3 is 0 Å². The Balaban J connectivity index is 2.74. The second kappa shape index (κ2) is 2.18. The summed E-state index contributed by atoms with van der Waals surface area (Å²) in [6, 6.07) is 0. The Morgan fingerprint density at radius 3 is 2.78 bits per heavy atom. The van der Waals surface area contributed by atoms with Gasteiger partial charge in [0.05, 0.1) is 11.8 Å². The lowest BCUT2D eigenvalue weighted by Gasteiger charge is -2.12. The van der Waals surface area contributed by atoms with Gasteiger partial charge in [0.25, 0.3) is 0 Å². The third-order valence-corrected chi connectivity index (χ3v) is 0.788. The molecular formula is C3H2ClF2N3. The van der Waals surface area contributed by atoms with Crippen LogP contribution in [0.3, 0.4) is 0 Å². The smallest absolute Gasteiger partial charge is 0.238 e. The Morgan fingerprint density at radius 2 is 2.33 bits per heavy atom. The Bertz CT molecular complexity index is 178. The maximum absolute atomic E-state index is 12.0. The van der Waals surface area contributed by atoms with E-state index in [1.54, 1.807) is 0 Å². The lowest BCUT2D eigenvalue weighted by molar-refractivity contribution is 0.329. The lowest BCUT2D eigenvalue weighted by Crippen LogP contribution is -2.26. The van der Waals surface area contributed by atoms with Crippen LogP contribution < -0.4 is 5.43 Å². The number of nitrogens with zero attached hydrogens (tertiary/aromatic N) is 2. The van der Waals surface area contributed by atoms with Crippen molar-refractivity contribution >= 4 is 17.7 Å². The van der Waals surface area contributed by atoms with E-state index in [2.05, 4.69) is 5.10 Å². The largest absolute Gasteiger partial charge is 0.241 e. The van der Waals surface area contributed by atoms with Gasteiger partial charge in [-0.25, -0.2) is 5.43 Å². The molecule has 9 heavy (non-hydrogen) atoms. The van der Waals surface area contributed by atoms with Gasteiger partial charge in [0.15, 0.2) is 0 Å². The second-order valence-corrected chi connectivity index (χ2v) is 1.61. The van der Waals surface area contributed by atoms with Crippen molar-refractivity contribution in [2.75, 3.05) is 0 Å². The van der Waals surface area contributed by atoms with E-state index in [0.29, 0.717) is 10.7 Å². The van der Waals surface area contributed by atoms with Crippen LogP contribution in [0.15, 0.2) is 17.1 Å². The van der Waals surface area contributed by atoms with Gasteiger partial charge in [0.1, 0.15) is 0 Å². The van der Waals surface area contributed by atoms with Crippen LogP contribution in [-0.2, 0) is 0 Å². The first-order valence-corrected chi connectivity index (χ1v) is 2.36. The summed E-state index contributed by atoms with van der Waals surface area (Å²) in [6.45, 7) is 0. The number of hydrazine groups is 1. The van der Waals surface area contributed by atoms with Crippen LogP contribution in [-0.4, -0.2) is 10.6 Å². The van der Waals surface area contributed by atoms with Crippen molar-refractivity contribution in [2.24, 2.45) is 5.10 Å². The van der Waals surface area contributed by atoms with Crippen LogP contribution >= 0.6 is 11.8 Å². The first-order valence-electron chi connectivity index (χ1n) is 2.02. The number of halogens is 3. The molecule has 1 aliphatic rings. The van der Waals surface area contributed by atoms with E-state index < -0.39 is 11.9 Å². The predicted molar refractivity (Wildman–Crippen MR) is 28.6 cm³/mol. The molecule has 1 aliphatic heterocycles. The number of hydrazone groups is 1. The predicted octanol–water partition coefficient (Wildman–Crippen LogP) is 1.05. The van der Waals surface area contributed by atoms with Gasteiger partial charge in [-0.05, 0) is 0 Å². The van der Waals surface area contributed by atoms with E-state index in [4.69, 9.17) is 11.8 Å². The average molecular weight is 154 g/mol. The third-order valence-electron chi connectivity index (χ3n) is 0.628. The van der Waals surface area contributed by atoms with Crippen LogP contribution in [0.1, 0.15) is 0 Å². The normalized spacial score (nSPS) is 18.3. The maximum Gasteiger partial charge on any atom is 0.238 e. The highest BCUT2D eigenvalue weighted by Crippen LogP contribution is 2.05. The van der Waals surface area contributed by atoms with E-state index in [-0.39, 0.29) is 0 Å². The molecule has 0 aromatic heterocycles. The summed E-state index contributed by atoms with van der Waals surface area (Å²) in [4.78, 5) is 0. The van der Waals surface area contributed by atoms with Gasteiger partial charge in [-0.15, -0.1) is 9.74 Å². The fourth-order valence-corrected chi connectivity index (χ4v) is 0.516. The van der Waals surface area contributed by atoms with E-state index >= 15 is 0 Å². The molecule has 0 spiro atoms. The van der Waals surface area contributed by atoms with E-state index in [1.165, 1.54) is 0 Å². The molecule has 6 heteroatoms. The number of nitrogens with one attached hydrogen (secondary N) is 1. The average Bonchev–Trinajstić information content (AvgIpc) is 1.59. The SMILES string of the molecule is FC1=CC(F)=NN(Cl)N1. The topological polar surface area (TPSA) is 27.6 Å². The Labute approximate surface area is 54.7 Å². The third kappa shape index (κ3) is 1.53. The number of hydrogen-bond donors (Lipinski definition) is 1. The Kier molecular flexibility index (Phi) is 1.52. The molecule has 0 aliphatic carbocycles. The van der Waals surface area contributed by atoms with Gasteiger partial charge in [0.2, 0.25) is 11.9 Å². The summed E-state index contributed by atoms with van der Waals surface area (Å²) >= 11 is 5.02. The van der Waals surface area contributed by atoms with Crippen LogP contribution in [0, 0.1) is 0 Å². The molecular weight excluding hydrogens is 152 g/mol. The summed E-state index contributed by atoms with van der Waals surface area (Å²) in [5.74, 6) is -1.85. The Morgan fingerprint density at radius 1 is 1.67 bits per heavy atom. The highest BCUT2D eigenvalue weighted by atomic mass is 35.5. The van der Waals surface area contributed by atoms with Crippen molar-refractivity contribution in [1.82, 2.24) is 10.1 Å². The molecule has 1 heterocycles. The summed E-state index contributed by atoms with van der Waals surface area (Å²) in [5.41, 5.74) is 1.88. The molecule has 0 radical (unpaired) electrons. The minimum absolute atomic E-state index is 0.421. The van der Waals surface area contributed by atoms with Crippen LogP contribution in [0.2, 0.25) is 0 Å². The standard InChI is InChI=1S/C3H2ClF2N3/c4-9-7-2(5)1-3(6)8-9/h1,7H. The molecule has 3 nitrogen and oxygen atoms in total. The van der Waals surface area contributed by atoms with Crippen molar-refractivity contribution in [3.8, 4) is 0 Å². The molecule has 0 fully saturated rings. The van der Waals surface area contributed by atoms with Gasteiger partial charge in [-0.1, -0.05) is 0 Å². The first kappa shape index (κ1) is 6.28. The highest BCUT2D eigenvalue weighted by Gasteiger charge is 2.08. The zero-order valence-corrected chi connectivity index (χ0v) is 4.86. The van der Waals surface area contributed by atoms with Gasteiger partial charge in [-0.2, -0.15) is 8.78 Å². The number of rotatable bonds is 0. The van der Waals surface area contributed by atoms with E-state index in [1.807, 2.05) is 5.43 Å². The first-order chi connectivity index (χ1) is 4.18. The van der Waals surface area contributed by atoms with Crippen LogP contribution in [0.4, 0.5) is 8.78 Å². The Hall–Kier alpha value is -0.840. The monoisotopic (exact) mass is 153 g/mol. The molecule has 1 N–H and O–H groups in total. The van der Waals surface area contributed by atoms with Crippen molar-refractivity contribution in [1.29, 1.82) is 0 Å². The summed E-state index contributed by atoms with van der Waals surface area (Å²) in [6.07, 6.45) is 0.582. The number of allylic oxidation sites excluding steroid dienone is 1. The van der Waals surface area contributed by atoms with Crippen molar-refractivity contribution in [3.05, 3.63) is 12.0 Å². The zero-order valence-electron chi connectivity index (χ0n) is 4.11. The number of hydrogen-bond acceptors (Lipinski definition) is 3. The minimum Gasteiger partial charge on any atom is -0.241 e. The molecule has 0 aromatic carbocycles. The fraction of sp³-hybridized carbons (Fsp3) is 0. The fourth-order valence-electron chi connectivity index (χ4n) is 0.363. The minimum atomic E-state index is -0.971. The maximum atomic E-state index is 12.0. The quantitative estimate of drug-likeness (QED) is 0.416. The molecule has 0 bridgehead atoms. The molecule has 0 saturated carbocycles. The lowest BCUT2D eigenvalue weighted by atomic mass is 10.6. The highest BCUT2D eigenvalue weighted by molar-refractivity contribution is 6.13. The van der Waals surface area contributed by atoms with Crippen LogP contribution in [0.25, 0.3) is 0 Å². The molecule has 1 rings (SSSR count). The van der Waals surface area contributed by atoms with Crippen LogP contribution in [0.5, 0.6) is 0 Å². The molecule has 50 valence electrons. The molecule has 0 unspecified atom stereocenters. The van der Waals surface area contributed by atoms with Gasteiger partial charge in [-0.3, -0.25) is 0 Å². The zero-order chi connectivity index (χ0) is 6.85. The van der Waals surface area contributed by atoms with Gasteiger partial charge >= 0.3 is 0 Å². The van der Waals surface area contributed by atoms with Gasteiger partial charge in [0, 0.05) is 6.08 Å². The van der Waals surface area contributed by atoms with E-state index in [9.17, 15) is 8.78 Å². The molecule has 0 amide bonds. The summed E-state index contributed by atoms with van der Waals surface area (Å²) in [5, 5.41) is 2.95. The molecule has 0 atom stereocenters. The summed E-state index contributed by atoms with van der Waals surface area (Å²) < 4.78 is 24.4. The second-order valence-electron chi connectivity index (χ2n) is 1.29. The molecule has 0 aromatic rings. The van der Waals surface area contributed by atoms with Crippen molar-refractivity contribution < 1.29 is 8.78 Å². The summed E-state index contributed by atoms with van der Waals surface area (Å²) in [7, 11) is 0. The van der Waals surface area contributed by atoms with Crippen molar-refractivity contribution in [3.63, 3.8) is 0 Å². The molecule has 0 saturated heterocycles. The van der Waals surface area contributed by atoms with E-state index in [0.717, 1.165) is 0 Å².